The Bertz CT molecular complexity index is 361. The van der Waals surface area contributed by atoms with Crippen LogP contribution in [-0.4, -0.2) is 25.9 Å². The van der Waals surface area contributed by atoms with Crippen LogP contribution in [0.2, 0.25) is 5.02 Å². The van der Waals surface area contributed by atoms with Gasteiger partial charge in [-0.05, 0) is 12.5 Å². The molecule has 6 heteroatoms. The van der Waals surface area contributed by atoms with Gasteiger partial charge in [-0.15, -0.1) is 12.4 Å². The predicted octanol–water partition coefficient (Wildman–Crippen LogP) is 2.16. The van der Waals surface area contributed by atoms with Gasteiger partial charge in [0, 0.05) is 29.3 Å². The average Bonchev–Trinajstić information content (AvgIpc) is 2.28. The lowest BCUT2D eigenvalue weighted by Crippen LogP contribution is -2.13. The Labute approximate surface area is 112 Å². The lowest BCUT2D eigenvalue weighted by molar-refractivity contribution is 0.274. The molecule has 98 valence electrons. The van der Waals surface area contributed by atoms with Gasteiger partial charge in [-0.25, -0.2) is 0 Å². The van der Waals surface area contributed by atoms with Crippen LogP contribution in [0.3, 0.4) is 0 Å². The van der Waals surface area contributed by atoms with Gasteiger partial charge in [0.2, 0.25) is 0 Å². The molecule has 0 bridgehead atoms. The Morgan fingerprint density at radius 2 is 2.00 bits per heavy atom. The number of hydrogen-bond donors (Lipinski definition) is 2. The zero-order valence-electron chi connectivity index (χ0n) is 9.77. The number of methoxy groups -OCH3 is 2. The van der Waals surface area contributed by atoms with E-state index in [-0.39, 0.29) is 25.1 Å². The average molecular weight is 282 g/mol. The molecule has 0 spiro atoms. The molecular weight excluding hydrogens is 265 g/mol. The molecule has 3 N–H and O–H groups in total. The molecular formula is C11H17Cl2NO3. The third-order valence-electron chi connectivity index (χ3n) is 2.31. The lowest BCUT2D eigenvalue weighted by atomic mass is 10.0. The van der Waals surface area contributed by atoms with E-state index in [1.54, 1.807) is 19.2 Å². The van der Waals surface area contributed by atoms with Gasteiger partial charge in [0.1, 0.15) is 0 Å². The van der Waals surface area contributed by atoms with E-state index in [0.717, 1.165) is 5.56 Å². The van der Waals surface area contributed by atoms with Crippen LogP contribution in [0.15, 0.2) is 12.1 Å². The van der Waals surface area contributed by atoms with Crippen molar-refractivity contribution in [3.8, 4) is 11.5 Å². The molecule has 0 aliphatic rings. The highest BCUT2D eigenvalue weighted by atomic mass is 35.5. The maximum Gasteiger partial charge on any atom is 0.165 e. The largest absolute Gasteiger partial charge is 0.493 e. The van der Waals surface area contributed by atoms with Crippen LogP contribution >= 0.6 is 24.0 Å². The van der Waals surface area contributed by atoms with E-state index in [0.29, 0.717) is 22.9 Å². The molecule has 0 saturated carbocycles. The first-order chi connectivity index (χ1) is 7.63. The second kappa shape index (κ2) is 7.61. The molecule has 0 saturated heterocycles. The van der Waals surface area contributed by atoms with E-state index >= 15 is 0 Å². The molecule has 0 aliphatic carbocycles. The van der Waals surface area contributed by atoms with Crippen molar-refractivity contribution in [3.05, 3.63) is 22.7 Å². The zero-order valence-corrected chi connectivity index (χ0v) is 11.3. The SMILES string of the molecule is COc1cc(Cl)cc(C(N)CCO)c1OC.Cl. The van der Waals surface area contributed by atoms with Crippen molar-refractivity contribution in [2.24, 2.45) is 5.73 Å². The summed E-state index contributed by atoms with van der Waals surface area (Å²) in [7, 11) is 3.08. The highest BCUT2D eigenvalue weighted by molar-refractivity contribution is 6.30. The summed E-state index contributed by atoms with van der Waals surface area (Å²) in [6.45, 7) is 0.0130. The van der Waals surface area contributed by atoms with Crippen LogP contribution in [0.4, 0.5) is 0 Å². The number of aliphatic hydroxyl groups excluding tert-OH is 1. The minimum Gasteiger partial charge on any atom is -0.493 e. The van der Waals surface area contributed by atoms with Gasteiger partial charge in [-0.1, -0.05) is 11.6 Å². The molecule has 0 aliphatic heterocycles. The summed E-state index contributed by atoms with van der Waals surface area (Å²) in [6, 6.07) is 3.06. The highest BCUT2D eigenvalue weighted by Crippen LogP contribution is 2.37. The molecule has 0 aromatic heterocycles. The Morgan fingerprint density at radius 1 is 1.35 bits per heavy atom. The Kier molecular flexibility index (Phi) is 7.30. The second-order valence-electron chi connectivity index (χ2n) is 3.35. The number of benzene rings is 1. The smallest absolute Gasteiger partial charge is 0.165 e. The molecule has 1 aromatic carbocycles. The van der Waals surface area contributed by atoms with Crippen LogP contribution in [0.25, 0.3) is 0 Å². The summed E-state index contributed by atoms with van der Waals surface area (Å²) < 4.78 is 10.4. The summed E-state index contributed by atoms with van der Waals surface area (Å²) in [4.78, 5) is 0. The zero-order chi connectivity index (χ0) is 12.1. The van der Waals surface area contributed by atoms with E-state index in [4.69, 9.17) is 31.9 Å². The summed E-state index contributed by atoms with van der Waals surface area (Å²) in [5.74, 6) is 1.10. The number of halogens is 2. The second-order valence-corrected chi connectivity index (χ2v) is 3.79. The molecule has 0 amide bonds. The first kappa shape index (κ1) is 16.3. The van der Waals surface area contributed by atoms with Crippen molar-refractivity contribution in [2.45, 2.75) is 12.5 Å². The third kappa shape index (κ3) is 3.92. The van der Waals surface area contributed by atoms with E-state index in [2.05, 4.69) is 0 Å². The maximum atomic E-state index is 8.87. The Hall–Kier alpha value is -0.680. The Balaban J connectivity index is 0.00000256. The Morgan fingerprint density at radius 3 is 2.47 bits per heavy atom. The van der Waals surface area contributed by atoms with Gasteiger partial charge in [0.05, 0.1) is 14.2 Å². The van der Waals surface area contributed by atoms with Gasteiger partial charge in [0.15, 0.2) is 11.5 Å². The predicted molar refractivity (Wildman–Crippen MR) is 70.4 cm³/mol. The minimum atomic E-state index is -0.326. The maximum absolute atomic E-state index is 8.87. The summed E-state index contributed by atoms with van der Waals surface area (Å²) in [5, 5.41) is 9.40. The molecule has 0 heterocycles. The van der Waals surface area contributed by atoms with E-state index in [1.165, 1.54) is 7.11 Å². The van der Waals surface area contributed by atoms with Crippen LogP contribution < -0.4 is 15.2 Å². The van der Waals surface area contributed by atoms with Crippen molar-refractivity contribution >= 4 is 24.0 Å². The lowest BCUT2D eigenvalue weighted by Gasteiger charge is -2.17. The molecule has 1 unspecified atom stereocenters. The fourth-order valence-corrected chi connectivity index (χ4v) is 1.75. The normalized spacial score (nSPS) is 11.6. The van der Waals surface area contributed by atoms with E-state index in [9.17, 15) is 0 Å². The van der Waals surface area contributed by atoms with Crippen LogP contribution in [-0.2, 0) is 0 Å². The monoisotopic (exact) mass is 281 g/mol. The van der Waals surface area contributed by atoms with Crippen molar-refractivity contribution in [1.29, 1.82) is 0 Å². The van der Waals surface area contributed by atoms with Gasteiger partial charge < -0.3 is 20.3 Å². The molecule has 1 aromatic rings. The topological polar surface area (TPSA) is 64.7 Å². The van der Waals surface area contributed by atoms with Gasteiger partial charge >= 0.3 is 0 Å². The molecule has 0 fully saturated rings. The minimum absolute atomic E-state index is 0. The number of aliphatic hydroxyl groups is 1. The van der Waals surface area contributed by atoms with Crippen molar-refractivity contribution in [2.75, 3.05) is 20.8 Å². The molecule has 0 radical (unpaired) electrons. The summed E-state index contributed by atoms with van der Waals surface area (Å²) in [5.41, 5.74) is 6.66. The highest BCUT2D eigenvalue weighted by Gasteiger charge is 2.17. The standard InChI is InChI=1S/C11H16ClNO3.ClH/c1-15-10-6-7(12)5-8(11(10)16-2)9(13)3-4-14;/h5-6,9,14H,3-4,13H2,1-2H3;1H. The molecule has 4 nitrogen and oxygen atoms in total. The number of rotatable bonds is 5. The number of ether oxygens (including phenoxy) is 2. The fourth-order valence-electron chi connectivity index (χ4n) is 1.53. The van der Waals surface area contributed by atoms with Crippen molar-refractivity contribution in [3.63, 3.8) is 0 Å². The van der Waals surface area contributed by atoms with Crippen molar-refractivity contribution < 1.29 is 14.6 Å². The first-order valence-electron chi connectivity index (χ1n) is 4.91. The van der Waals surface area contributed by atoms with Crippen molar-refractivity contribution in [1.82, 2.24) is 0 Å². The summed E-state index contributed by atoms with van der Waals surface area (Å²) >= 11 is 5.95. The van der Waals surface area contributed by atoms with E-state index in [1.807, 2.05) is 0 Å². The summed E-state index contributed by atoms with van der Waals surface area (Å²) in [6.07, 6.45) is 0.444. The van der Waals surface area contributed by atoms with Gasteiger partial charge in [-0.3, -0.25) is 0 Å². The third-order valence-corrected chi connectivity index (χ3v) is 2.53. The molecule has 1 atom stereocenters. The van der Waals surface area contributed by atoms with Gasteiger partial charge in [-0.2, -0.15) is 0 Å². The van der Waals surface area contributed by atoms with Gasteiger partial charge in [0.25, 0.3) is 0 Å². The quantitative estimate of drug-likeness (QED) is 0.868. The van der Waals surface area contributed by atoms with E-state index < -0.39 is 0 Å². The van der Waals surface area contributed by atoms with Crippen LogP contribution in [0.5, 0.6) is 11.5 Å². The molecule has 17 heavy (non-hydrogen) atoms. The van der Waals surface area contributed by atoms with Crippen LogP contribution in [0.1, 0.15) is 18.0 Å². The first-order valence-corrected chi connectivity index (χ1v) is 5.29. The number of hydrogen-bond acceptors (Lipinski definition) is 4. The number of nitrogens with two attached hydrogens (primary N) is 1. The molecule has 1 rings (SSSR count). The fraction of sp³-hybridized carbons (Fsp3) is 0.455. The van der Waals surface area contributed by atoms with Crippen LogP contribution in [0, 0.1) is 0 Å².